The molecular weight excluding hydrogens is 432 g/mol. The number of amides is 1. The van der Waals surface area contributed by atoms with Crippen LogP contribution in [0, 0.1) is 0 Å². The molecule has 9 heteroatoms. The molecule has 1 amide bonds. The van der Waals surface area contributed by atoms with Gasteiger partial charge in [0.25, 0.3) is 0 Å². The lowest BCUT2D eigenvalue weighted by molar-refractivity contribution is -0.120. The van der Waals surface area contributed by atoms with Crippen LogP contribution in [-0.4, -0.2) is 23.7 Å². The van der Waals surface area contributed by atoms with Crippen LogP contribution in [0.3, 0.4) is 0 Å². The molecule has 2 aromatic carbocycles. The Morgan fingerprint density at radius 2 is 1.77 bits per heavy atom. The molecule has 0 aliphatic carbocycles. The third-order valence-corrected chi connectivity index (χ3v) is 6.84. The number of hydrogen-bond donors (Lipinski definition) is 2. The lowest BCUT2D eigenvalue weighted by Gasteiger charge is -2.06. The summed E-state index contributed by atoms with van der Waals surface area (Å²) in [6.45, 7) is 2.43. The predicted octanol–water partition coefficient (Wildman–Crippen LogP) is 3.13. The first kappa shape index (κ1) is 21.2. The molecule has 0 radical (unpaired) electrons. The van der Waals surface area contributed by atoms with Crippen LogP contribution in [-0.2, 0) is 34.2 Å². The minimum atomic E-state index is -3.72. The van der Waals surface area contributed by atoms with E-state index in [2.05, 4.69) is 41.5 Å². The molecule has 0 fully saturated rings. The molecule has 0 aliphatic heterocycles. The maximum atomic E-state index is 12.4. The highest BCUT2D eigenvalue weighted by Crippen LogP contribution is 2.24. The summed E-state index contributed by atoms with van der Waals surface area (Å²) in [6, 6.07) is 14.5. The number of aromatic nitrogens is 2. The molecule has 0 spiro atoms. The minimum absolute atomic E-state index is 0.0449. The van der Waals surface area contributed by atoms with Gasteiger partial charge in [0.1, 0.15) is 0 Å². The van der Waals surface area contributed by atoms with Crippen molar-refractivity contribution in [1.82, 2.24) is 14.7 Å². The lowest BCUT2D eigenvalue weighted by atomic mass is 10.1. The van der Waals surface area contributed by atoms with Gasteiger partial charge in [-0.25, -0.2) is 18.5 Å². The first-order valence-electron chi connectivity index (χ1n) is 9.76. The summed E-state index contributed by atoms with van der Waals surface area (Å²) in [5.41, 5.74) is 4.86. The number of benzene rings is 2. The molecule has 4 rings (SSSR count). The molecule has 7 nitrogen and oxygen atoms in total. The van der Waals surface area contributed by atoms with Gasteiger partial charge in [0, 0.05) is 29.4 Å². The Hall–Kier alpha value is -3.01. The number of nitrogens with zero attached hydrogens (tertiary/aromatic N) is 2. The van der Waals surface area contributed by atoms with Crippen LogP contribution in [0.5, 0.6) is 0 Å². The van der Waals surface area contributed by atoms with Gasteiger partial charge in [-0.15, -0.1) is 11.3 Å². The van der Waals surface area contributed by atoms with Crippen molar-refractivity contribution in [2.24, 2.45) is 5.14 Å². The van der Waals surface area contributed by atoms with Crippen LogP contribution in [0.15, 0.2) is 65.0 Å². The van der Waals surface area contributed by atoms with Crippen molar-refractivity contribution in [3.63, 3.8) is 0 Å². The Morgan fingerprint density at radius 3 is 2.42 bits per heavy atom. The zero-order valence-electron chi connectivity index (χ0n) is 16.9. The smallest absolute Gasteiger partial charge is 0.238 e. The number of nitrogens with one attached hydrogen (secondary N) is 1. The number of aryl methyl sites for hydroxylation is 1. The van der Waals surface area contributed by atoms with Crippen molar-refractivity contribution in [3.8, 4) is 11.3 Å². The van der Waals surface area contributed by atoms with Gasteiger partial charge in [-0.3, -0.25) is 9.20 Å². The Labute approximate surface area is 184 Å². The van der Waals surface area contributed by atoms with E-state index < -0.39 is 10.0 Å². The molecule has 160 valence electrons. The van der Waals surface area contributed by atoms with Crippen molar-refractivity contribution in [1.29, 1.82) is 0 Å². The number of imidazole rings is 1. The van der Waals surface area contributed by atoms with E-state index in [0.29, 0.717) is 6.54 Å². The van der Waals surface area contributed by atoms with Gasteiger partial charge < -0.3 is 5.32 Å². The standard InChI is InChI=1S/C22H22N4O3S2/c1-2-15-3-7-17(8-4-15)20-13-26-18(14-30-22(26)25-20)11-21(27)24-12-16-5-9-19(10-6-16)31(23,28)29/h3-10,13-14H,2,11-12H2,1H3,(H,24,27)(H2,23,28,29). The summed E-state index contributed by atoms with van der Waals surface area (Å²) in [5.74, 6) is -0.127. The summed E-state index contributed by atoms with van der Waals surface area (Å²) in [5, 5.41) is 9.90. The Morgan fingerprint density at radius 1 is 1.10 bits per heavy atom. The average molecular weight is 455 g/mol. The van der Waals surface area contributed by atoms with E-state index in [1.807, 2.05) is 16.0 Å². The zero-order chi connectivity index (χ0) is 22.0. The number of primary sulfonamides is 1. The molecular formula is C22H22N4O3S2. The van der Waals surface area contributed by atoms with Crippen LogP contribution in [0.1, 0.15) is 23.7 Å². The second-order valence-electron chi connectivity index (χ2n) is 7.20. The summed E-state index contributed by atoms with van der Waals surface area (Å²) in [6.07, 6.45) is 3.18. The molecule has 0 atom stereocenters. The zero-order valence-corrected chi connectivity index (χ0v) is 18.5. The summed E-state index contributed by atoms with van der Waals surface area (Å²) >= 11 is 1.50. The largest absolute Gasteiger partial charge is 0.352 e. The summed E-state index contributed by atoms with van der Waals surface area (Å²) < 4.78 is 24.6. The molecule has 0 aliphatic rings. The van der Waals surface area contributed by atoms with Crippen LogP contribution in [0.2, 0.25) is 0 Å². The highest BCUT2D eigenvalue weighted by Gasteiger charge is 2.13. The van der Waals surface area contributed by atoms with Crippen LogP contribution in [0.4, 0.5) is 0 Å². The molecule has 4 aromatic rings. The van der Waals surface area contributed by atoms with E-state index in [9.17, 15) is 13.2 Å². The number of thiazole rings is 1. The van der Waals surface area contributed by atoms with Gasteiger partial charge in [0.2, 0.25) is 15.9 Å². The summed E-state index contributed by atoms with van der Waals surface area (Å²) in [4.78, 5) is 18.0. The van der Waals surface area contributed by atoms with Gasteiger partial charge >= 0.3 is 0 Å². The average Bonchev–Trinajstić information content (AvgIpc) is 3.34. The number of hydrogen-bond acceptors (Lipinski definition) is 5. The molecule has 3 N–H and O–H groups in total. The highest BCUT2D eigenvalue weighted by molar-refractivity contribution is 7.89. The highest BCUT2D eigenvalue weighted by atomic mass is 32.2. The fourth-order valence-corrected chi connectivity index (χ4v) is 4.62. The van der Waals surface area contributed by atoms with Gasteiger partial charge in [-0.2, -0.15) is 0 Å². The van der Waals surface area contributed by atoms with Crippen molar-refractivity contribution >= 4 is 32.2 Å². The molecule has 31 heavy (non-hydrogen) atoms. The molecule has 0 unspecified atom stereocenters. The Bertz CT molecular complexity index is 1320. The van der Waals surface area contributed by atoms with E-state index in [0.717, 1.165) is 33.9 Å². The maximum absolute atomic E-state index is 12.4. The van der Waals surface area contributed by atoms with E-state index in [1.165, 1.54) is 29.0 Å². The second-order valence-corrected chi connectivity index (χ2v) is 9.60. The number of sulfonamides is 1. The summed E-state index contributed by atoms with van der Waals surface area (Å²) in [7, 11) is -3.72. The second kappa shape index (κ2) is 8.62. The van der Waals surface area contributed by atoms with Crippen molar-refractivity contribution < 1.29 is 13.2 Å². The topological polar surface area (TPSA) is 107 Å². The monoisotopic (exact) mass is 454 g/mol. The lowest BCUT2D eigenvalue weighted by Crippen LogP contribution is -2.25. The molecule has 0 saturated carbocycles. The normalized spacial score (nSPS) is 11.7. The number of nitrogens with two attached hydrogens (primary N) is 1. The van der Waals surface area contributed by atoms with Crippen LogP contribution >= 0.6 is 11.3 Å². The Kier molecular flexibility index (Phi) is 5.90. The minimum Gasteiger partial charge on any atom is -0.352 e. The molecule has 2 heterocycles. The first-order valence-corrected chi connectivity index (χ1v) is 12.2. The fraction of sp³-hybridized carbons (Fsp3) is 0.182. The number of rotatable bonds is 7. The molecule has 0 saturated heterocycles. The number of carbonyl (C=O) groups is 1. The number of fused-ring (bicyclic) bond motifs is 1. The third-order valence-electron chi connectivity index (χ3n) is 5.02. The van der Waals surface area contributed by atoms with E-state index >= 15 is 0 Å². The maximum Gasteiger partial charge on any atom is 0.238 e. The van der Waals surface area contributed by atoms with Crippen molar-refractivity contribution in [3.05, 3.63) is 76.9 Å². The van der Waals surface area contributed by atoms with Crippen LogP contribution < -0.4 is 10.5 Å². The van der Waals surface area contributed by atoms with Crippen molar-refractivity contribution in [2.45, 2.75) is 31.2 Å². The van der Waals surface area contributed by atoms with Gasteiger partial charge in [-0.1, -0.05) is 43.3 Å². The van der Waals surface area contributed by atoms with E-state index in [-0.39, 0.29) is 17.2 Å². The molecule has 2 aromatic heterocycles. The quantitative estimate of drug-likeness (QED) is 0.447. The van der Waals surface area contributed by atoms with Gasteiger partial charge in [0.05, 0.1) is 17.0 Å². The SMILES string of the molecule is CCc1ccc(-c2cn3c(CC(=O)NCc4ccc(S(N)(=O)=O)cc4)csc3n2)cc1. The van der Waals surface area contributed by atoms with E-state index in [4.69, 9.17) is 5.14 Å². The predicted molar refractivity (Wildman–Crippen MR) is 121 cm³/mol. The third kappa shape index (κ3) is 4.84. The van der Waals surface area contributed by atoms with Crippen LogP contribution in [0.25, 0.3) is 16.2 Å². The van der Waals surface area contributed by atoms with Gasteiger partial charge in [0.15, 0.2) is 4.96 Å². The fourth-order valence-electron chi connectivity index (χ4n) is 3.23. The van der Waals surface area contributed by atoms with Crippen molar-refractivity contribution in [2.75, 3.05) is 0 Å². The molecule has 0 bridgehead atoms. The first-order chi connectivity index (χ1) is 14.8. The Balaban J connectivity index is 1.42. The number of carbonyl (C=O) groups excluding carboxylic acids is 1. The van der Waals surface area contributed by atoms with Gasteiger partial charge in [-0.05, 0) is 29.7 Å². The van der Waals surface area contributed by atoms with E-state index in [1.54, 1.807) is 12.1 Å².